The molecule has 0 aromatic carbocycles. The zero-order valence-corrected chi connectivity index (χ0v) is 12.9. The molecule has 4 nitrogen and oxygen atoms in total. The average molecular weight is 284 g/mol. The van der Waals surface area contributed by atoms with Crippen molar-refractivity contribution in [3.05, 3.63) is 21.4 Å². The number of thiophene rings is 1. The van der Waals surface area contributed by atoms with Crippen molar-refractivity contribution in [2.45, 2.75) is 52.7 Å². The minimum Gasteiger partial charge on any atom is -0.393 e. The second-order valence-electron chi connectivity index (χ2n) is 4.84. The van der Waals surface area contributed by atoms with Gasteiger partial charge >= 0.3 is 6.03 Å². The van der Waals surface area contributed by atoms with Crippen molar-refractivity contribution < 1.29 is 9.90 Å². The van der Waals surface area contributed by atoms with E-state index in [0.29, 0.717) is 19.4 Å². The van der Waals surface area contributed by atoms with E-state index in [-0.39, 0.29) is 18.2 Å². The van der Waals surface area contributed by atoms with E-state index in [1.807, 2.05) is 13.8 Å². The molecule has 108 valence electrons. The third-order valence-electron chi connectivity index (χ3n) is 3.13. The van der Waals surface area contributed by atoms with Gasteiger partial charge in [-0.3, -0.25) is 0 Å². The van der Waals surface area contributed by atoms with Gasteiger partial charge in [0.1, 0.15) is 0 Å². The predicted molar refractivity (Wildman–Crippen MR) is 79.7 cm³/mol. The molecule has 1 aromatic heterocycles. The SMILES string of the molecule is CCC(O)CCNC(=O)NC(C)c1cc(C)sc1C. The molecular formula is C14H24N2O2S. The Labute approximate surface area is 119 Å². The van der Waals surface area contributed by atoms with E-state index < -0.39 is 0 Å². The molecule has 0 saturated heterocycles. The molecule has 19 heavy (non-hydrogen) atoms. The quantitative estimate of drug-likeness (QED) is 0.752. The number of nitrogens with one attached hydrogen (secondary N) is 2. The molecule has 1 heterocycles. The lowest BCUT2D eigenvalue weighted by molar-refractivity contribution is 0.160. The number of aliphatic hydroxyl groups excluding tert-OH is 1. The van der Waals surface area contributed by atoms with Crippen LogP contribution in [0.5, 0.6) is 0 Å². The summed E-state index contributed by atoms with van der Waals surface area (Å²) in [5, 5.41) is 15.1. The summed E-state index contributed by atoms with van der Waals surface area (Å²) in [6.07, 6.45) is 0.974. The van der Waals surface area contributed by atoms with E-state index in [4.69, 9.17) is 0 Å². The molecule has 0 aliphatic rings. The maximum Gasteiger partial charge on any atom is 0.315 e. The van der Waals surface area contributed by atoms with Crippen LogP contribution in [0, 0.1) is 13.8 Å². The van der Waals surface area contributed by atoms with E-state index >= 15 is 0 Å². The molecule has 0 bridgehead atoms. The van der Waals surface area contributed by atoms with Crippen molar-refractivity contribution >= 4 is 17.4 Å². The zero-order chi connectivity index (χ0) is 14.4. The molecule has 0 saturated carbocycles. The van der Waals surface area contributed by atoms with Crippen LogP contribution in [0.1, 0.15) is 48.0 Å². The number of hydrogen-bond donors (Lipinski definition) is 3. The molecule has 0 fully saturated rings. The van der Waals surface area contributed by atoms with Gasteiger partial charge in [-0.2, -0.15) is 0 Å². The van der Waals surface area contributed by atoms with Crippen molar-refractivity contribution in [1.82, 2.24) is 10.6 Å². The third-order valence-corrected chi connectivity index (χ3v) is 4.11. The number of carbonyl (C=O) groups excluding carboxylic acids is 1. The molecule has 5 heteroatoms. The van der Waals surface area contributed by atoms with Crippen molar-refractivity contribution in [3.63, 3.8) is 0 Å². The average Bonchev–Trinajstić information content (AvgIpc) is 2.68. The Hall–Kier alpha value is -1.07. The van der Waals surface area contributed by atoms with Gasteiger partial charge in [0.15, 0.2) is 0 Å². The highest BCUT2D eigenvalue weighted by molar-refractivity contribution is 7.12. The smallest absolute Gasteiger partial charge is 0.315 e. The van der Waals surface area contributed by atoms with Crippen LogP contribution >= 0.6 is 11.3 Å². The second kappa shape index (κ2) is 7.50. The minimum absolute atomic E-state index is 0.000971. The topological polar surface area (TPSA) is 61.4 Å². The number of urea groups is 1. The van der Waals surface area contributed by atoms with Crippen LogP contribution in [0.4, 0.5) is 4.79 Å². The summed E-state index contributed by atoms with van der Waals surface area (Å²) in [7, 11) is 0. The summed E-state index contributed by atoms with van der Waals surface area (Å²) in [5.41, 5.74) is 1.17. The molecule has 0 aliphatic heterocycles. The Morgan fingerprint density at radius 3 is 2.68 bits per heavy atom. The van der Waals surface area contributed by atoms with Crippen LogP contribution in [0.15, 0.2) is 6.07 Å². The van der Waals surface area contributed by atoms with Gasteiger partial charge in [0.2, 0.25) is 0 Å². The van der Waals surface area contributed by atoms with Crippen molar-refractivity contribution in [3.8, 4) is 0 Å². The first kappa shape index (κ1) is 16.0. The van der Waals surface area contributed by atoms with Crippen molar-refractivity contribution in [1.29, 1.82) is 0 Å². The minimum atomic E-state index is -0.334. The highest BCUT2D eigenvalue weighted by Gasteiger charge is 2.13. The summed E-state index contributed by atoms with van der Waals surface area (Å²) in [4.78, 5) is 14.2. The van der Waals surface area contributed by atoms with Gasteiger partial charge in [-0.1, -0.05) is 6.92 Å². The third kappa shape index (κ3) is 5.20. The summed E-state index contributed by atoms with van der Waals surface area (Å²) in [6, 6.07) is 1.94. The van der Waals surface area contributed by atoms with Gasteiger partial charge in [0, 0.05) is 16.3 Å². The lowest BCUT2D eigenvalue weighted by atomic mass is 10.1. The molecule has 2 atom stereocenters. The van der Waals surface area contributed by atoms with E-state index in [2.05, 4.69) is 30.5 Å². The number of carbonyl (C=O) groups is 1. The molecular weight excluding hydrogens is 260 g/mol. The van der Waals surface area contributed by atoms with Gasteiger partial charge < -0.3 is 15.7 Å². The number of amides is 2. The molecule has 0 radical (unpaired) electrons. The first-order valence-electron chi connectivity index (χ1n) is 6.73. The number of rotatable bonds is 6. The number of aryl methyl sites for hydroxylation is 2. The first-order chi connectivity index (χ1) is 8.93. The second-order valence-corrected chi connectivity index (χ2v) is 6.30. The van der Waals surface area contributed by atoms with E-state index in [1.54, 1.807) is 11.3 Å². The normalized spacial score (nSPS) is 13.9. The van der Waals surface area contributed by atoms with Gasteiger partial charge in [-0.25, -0.2) is 4.79 Å². The molecule has 1 aromatic rings. The predicted octanol–water partition coefficient (Wildman–Crippen LogP) is 2.89. The molecule has 0 aliphatic carbocycles. The lowest BCUT2D eigenvalue weighted by Gasteiger charge is -2.15. The van der Waals surface area contributed by atoms with Gasteiger partial charge in [-0.05, 0) is 45.2 Å². The Kier molecular flexibility index (Phi) is 6.31. The molecule has 3 N–H and O–H groups in total. The molecule has 2 unspecified atom stereocenters. The maximum atomic E-state index is 11.7. The Balaban J connectivity index is 2.38. The highest BCUT2D eigenvalue weighted by Crippen LogP contribution is 2.25. The van der Waals surface area contributed by atoms with Crippen LogP contribution in [0.3, 0.4) is 0 Å². The largest absolute Gasteiger partial charge is 0.393 e. The Bertz CT molecular complexity index is 418. The van der Waals surface area contributed by atoms with E-state index in [1.165, 1.54) is 15.3 Å². The van der Waals surface area contributed by atoms with Crippen molar-refractivity contribution in [2.24, 2.45) is 0 Å². The fraction of sp³-hybridized carbons (Fsp3) is 0.643. The Morgan fingerprint density at radius 1 is 1.47 bits per heavy atom. The van der Waals surface area contributed by atoms with Crippen LogP contribution in [0.2, 0.25) is 0 Å². The van der Waals surface area contributed by atoms with Gasteiger partial charge in [0.25, 0.3) is 0 Å². The molecule has 0 spiro atoms. The summed E-state index contributed by atoms with van der Waals surface area (Å²) in [6.45, 7) is 8.54. The number of aliphatic hydroxyl groups is 1. The summed E-state index contributed by atoms with van der Waals surface area (Å²) >= 11 is 1.74. The van der Waals surface area contributed by atoms with Crippen LogP contribution < -0.4 is 10.6 Å². The zero-order valence-electron chi connectivity index (χ0n) is 12.1. The fourth-order valence-electron chi connectivity index (χ4n) is 1.96. The number of hydrogen-bond acceptors (Lipinski definition) is 3. The van der Waals surface area contributed by atoms with Crippen molar-refractivity contribution in [2.75, 3.05) is 6.54 Å². The van der Waals surface area contributed by atoms with Crippen LogP contribution in [-0.2, 0) is 0 Å². The highest BCUT2D eigenvalue weighted by atomic mass is 32.1. The Morgan fingerprint density at radius 2 is 2.16 bits per heavy atom. The van der Waals surface area contributed by atoms with Gasteiger partial charge in [-0.15, -0.1) is 11.3 Å². The lowest BCUT2D eigenvalue weighted by Crippen LogP contribution is -2.38. The van der Waals surface area contributed by atoms with E-state index in [0.717, 1.165) is 0 Å². The summed E-state index contributed by atoms with van der Waals surface area (Å²) in [5.74, 6) is 0. The maximum absolute atomic E-state index is 11.7. The molecule has 1 rings (SSSR count). The standard InChI is InChI=1S/C14H24N2O2S/c1-5-12(17)6-7-15-14(18)16-10(3)13-8-9(2)19-11(13)4/h8,10,12,17H,5-7H2,1-4H3,(H2,15,16,18). The summed E-state index contributed by atoms with van der Waals surface area (Å²) < 4.78 is 0. The van der Waals surface area contributed by atoms with Gasteiger partial charge in [0.05, 0.1) is 12.1 Å². The fourth-order valence-corrected chi connectivity index (χ4v) is 2.98. The first-order valence-corrected chi connectivity index (χ1v) is 7.55. The van der Waals surface area contributed by atoms with E-state index in [9.17, 15) is 9.90 Å². The monoisotopic (exact) mass is 284 g/mol. The van der Waals surface area contributed by atoms with Crippen LogP contribution in [0.25, 0.3) is 0 Å². The van der Waals surface area contributed by atoms with Crippen LogP contribution in [-0.4, -0.2) is 23.8 Å². The molecule has 2 amide bonds.